The number of carbonyl (C=O) groups is 5. The van der Waals surface area contributed by atoms with E-state index in [1.54, 1.807) is 24.3 Å². The molecule has 4 rings (SSSR count). The van der Waals surface area contributed by atoms with Crippen molar-refractivity contribution in [2.45, 2.75) is 39.0 Å². The number of imide groups is 1. The second-order valence-corrected chi connectivity index (χ2v) is 8.90. The molecule has 9 heteroatoms. The van der Waals surface area contributed by atoms with Crippen LogP contribution in [0.4, 0.5) is 11.4 Å². The Kier molecular flexibility index (Phi) is 7.77. The number of nitrogens with one attached hydrogen (secondary N) is 1. The fourth-order valence-electron chi connectivity index (χ4n) is 4.57. The van der Waals surface area contributed by atoms with E-state index in [4.69, 9.17) is 9.47 Å². The standard InChI is InChI=1S/C27H28N2O7/c1-2-14-35-26(33)17-10-12-19(13-11-17)28-23(30)16-36-27(34)18-6-5-7-20(15-18)29-24(31)21-8-3-4-9-22(21)25(29)32/h5-7,10-13,15,21-22H,2-4,8-9,14,16H2,1H3,(H,28,30)/t21-,22-/m1/s1. The molecule has 0 radical (unpaired) electrons. The molecule has 36 heavy (non-hydrogen) atoms. The van der Waals surface area contributed by atoms with Gasteiger partial charge in [-0.15, -0.1) is 0 Å². The maximum atomic E-state index is 12.8. The summed E-state index contributed by atoms with van der Waals surface area (Å²) in [5.41, 5.74) is 1.25. The number of hydrogen-bond donors (Lipinski definition) is 1. The lowest BCUT2D eigenvalue weighted by molar-refractivity contribution is -0.122. The molecule has 1 saturated carbocycles. The van der Waals surface area contributed by atoms with Gasteiger partial charge in [0.05, 0.1) is 35.3 Å². The number of nitrogens with zero attached hydrogens (tertiary/aromatic N) is 1. The number of hydrogen-bond acceptors (Lipinski definition) is 7. The molecule has 3 amide bonds. The molecule has 2 aliphatic rings. The molecule has 1 saturated heterocycles. The molecule has 1 aliphatic carbocycles. The number of fused-ring (bicyclic) bond motifs is 1. The van der Waals surface area contributed by atoms with Gasteiger partial charge in [-0.3, -0.25) is 19.3 Å². The van der Waals surface area contributed by atoms with Crippen molar-refractivity contribution < 1.29 is 33.4 Å². The van der Waals surface area contributed by atoms with E-state index in [0.717, 1.165) is 19.3 Å². The zero-order chi connectivity index (χ0) is 25.7. The van der Waals surface area contributed by atoms with E-state index in [9.17, 15) is 24.0 Å². The fraction of sp³-hybridized carbons (Fsp3) is 0.370. The van der Waals surface area contributed by atoms with Crippen LogP contribution in [0.1, 0.15) is 59.7 Å². The average Bonchev–Trinajstić information content (AvgIpc) is 3.16. The number of amides is 3. The van der Waals surface area contributed by atoms with Crippen LogP contribution in [0.15, 0.2) is 48.5 Å². The Labute approximate surface area is 208 Å². The number of esters is 2. The first-order valence-electron chi connectivity index (χ1n) is 12.1. The molecular formula is C27H28N2O7. The maximum Gasteiger partial charge on any atom is 0.338 e. The summed E-state index contributed by atoms with van der Waals surface area (Å²) >= 11 is 0. The summed E-state index contributed by atoms with van der Waals surface area (Å²) in [6, 6.07) is 12.3. The van der Waals surface area contributed by atoms with Crippen molar-refractivity contribution in [3.63, 3.8) is 0 Å². The van der Waals surface area contributed by atoms with E-state index in [2.05, 4.69) is 5.32 Å². The molecule has 1 N–H and O–H groups in total. The molecule has 0 spiro atoms. The van der Waals surface area contributed by atoms with Crippen LogP contribution in [0.3, 0.4) is 0 Å². The third-order valence-corrected chi connectivity index (χ3v) is 6.36. The van der Waals surface area contributed by atoms with Crippen molar-refractivity contribution in [3.8, 4) is 0 Å². The quantitative estimate of drug-likeness (QED) is 0.440. The van der Waals surface area contributed by atoms with Crippen LogP contribution in [0.2, 0.25) is 0 Å². The fourth-order valence-corrected chi connectivity index (χ4v) is 4.57. The van der Waals surface area contributed by atoms with E-state index in [0.29, 0.717) is 36.4 Å². The summed E-state index contributed by atoms with van der Waals surface area (Å²) < 4.78 is 10.2. The van der Waals surface area contributed by atoms with Gasteiger partial charge in [-0.1, -0.05) is 25.8 Å². The minimum Gasteiger partial charge on any atom is -0.462 e. The lowest BCUT2D eigenvalue weighted by Crippen LogP contribution is -2.31. The number of rotatable bonds is 8. The lowest BCUT2D eigenvalue weighted by atomic mass is 9.81. The second kappa shape index (κ2) is 11.2. The Morgan fingerprint density at radius 2 is 1.53 bits per heavy atom. The predicted octanol–water partition coefficient (Wildman–Crippen LogP) is 3.73. The van der Waals surface area contributed by atoms with Crippen molar-refractivity contribution in [3.05, 3.63) is 59.7 Å². The van der Waals surface area contributed by atoms with Crippen LogP contribution in [0.25, 0.3) is 0 Å². The highest BCUT2D eigenvalue weighted by atomic mass is 16.5. The second-order valence-electron chi connectivity index (χ2n) is 8.90. The minimum atomic E-state index is -0.752. The van der Waals surface area contributed by atoms with Gasteiger partial charge in [0.25, 0.3) is 5.91 Å². The van der Waals surface area contributed by atoms with Crippen molar-refractivity contribution in [2.24, 2.45) is 11.8 Å². The molecule has 1 aliphatic heterocycles. The van der Waals surface area contributed by atoms with E-state index < -0.39 is 24.5 Å². The van der Waals surface area contributed by atoms with Crippen molar-refractivity contribution in [2.75, 3.05) is 23.4 Å². The van der Waals surface area contributed by atoms with E-state index in [-0.39, 0.29) is 29.2 Å². The zero-order valence-corrected chi connectivity index (χ0v) is 20.0. The molecular weight excluding hydrogens is 464 g/mol. The molecule has 1 heterocycles. The molecule has 9 nitrogen and oxygen atoms in total. The van der Waals surface area contributed by atoms with Gasteiger partial charge in [0.15, 0.2) is 6.61 Å². The number of carbonyl (C=O) groups excluding carboxylic acids is 5. The first-order chi connectivity index (χ1) is 17.4. The highest BCUT2D eigenvalue weighted by molar-refractivity contribution is 6.22. The lowest BCUT2D eigenvalue weighted by Gasteiger charge is -2.19. The van der Waals surface area contributed by atoms with Gasteiger partial charge in [0.2, 0.25) is 11.8 Å². The Morgan fingerprint density at radius 1 is 0.889 bits per heavy atom. The first-order valence-corrected chi connectivity index (χ1v) is 12.1. The number of anilines is 2. The van der Waals surface area contributed by atoms with Gasteiger partial charge >= 0.3 is 11.9 Å². The largest absolute Gasteiger partial charge is 0.462 e. The van der Waals surface area contributed by atoms with Crippen LogP contribution in [0.5, 0.6) is 0 Å². The molecule has 2 fully saturated rings. The normalized spacial score (nSPS) is 19.0. The van der Waals surface area contributed by atoms with Gasteiger partial charge in [0.1, 0.15) is 0 Å². The zero-order valence-electron chi connectivity index (χ0n) is 20.0. The van der Waals surface area contributed by atoms with Crippen LogP contribution in [0, 0.1) is 11.8 Å². The maximum absolute atomic E-state index is 12.8. The van der Waals surface area contributed by atoms with Crippen molar-refractivity contribution >= 4 is 41.0 Å². The molecule has 188 valence electrons. The third-order valence-electron chi connectivity index (χ3n) is 6.36. The van der Waals surface area contributed by atoms with E-state index in [1.807, 2.05) is 6.92 Å². The Bertz CT molecular complexity index is 1150. The summed E-state index contributed by atoms with van der Waals surface area (Å²) in [6.45, 7) is 1.70. The molecule has 2 aromatic carbocycles. The monoisotopic (exact) mass is 492 g/mol. The van der Waals surface area contributed by atoms with Gasteiger partial charge in [0, 0.05) is 5.69 Å². The minimum absolute atomic E-state index is 0.130. The molecule has 0 unspecified atom stereocenters. The smallest absolute Gasteiger partial charge is 0.338 e. The van der Waals surface area contributed by atoms with Gasteiger partial charge in [-0.2, -0.15) is 0 Å². The predicted molar refractivity (Wildman–Crippen MR) is 130 cm³/mol. The van der Waals surface area contributed by atoms with Crippen LogP contribution in [-0.4, -0.2) is 42.9 Å². The van der Waals surface area contributed by atoms with Gasteiger partial charge in [-0.05, 0) is 61.7 Å². The van der Waals surface area contributed by atoms with Crippen LogP contribution >= 0.6 is 0 Å². The molecule has 0 aromatic heterocycles. The van der Waals surface area contributed by atoms with Crippen LogP contribution in [-0.2, 0) is 23.9 Å². The Balaban J connectivity index is 1.33. The third kappa shape index (κ3) is 5.45. The van der Waals surface area contributed by atoms with Gasteiger partial charge < -0.3 is 14.8 Å². The van der Waals surface area contributed by atoms with Gasteiger partial charge in [-0.25, -0.2) is 9.59 Å². The topological polar surface area (TPSA) is 119 Å². The molecule has 2 atom stereocenters. The highest BCUT2D eigenvalue weighted by Gasteiger charge is 2.48. The summed E-state index contributed by atoms with van der Waals surface area (Å²) in [5.74, 6) is -2.78. The SMILES string of the molecule is CCCOC(=O)c1ccc(NC(=O)COC(=O)c2cccc(N3C(=O)[C@@H]4CCCC[C@H]4C3=O)c2)cc1. The Hall–Kier alpha value is -4.01. The van der Waals surface area contributed by atoms with Crippen molar-refractivity contribution in [1.29, 1.82) is 0 Å². The summed E-state index contributed by atoms with van der Waals surface area (Å²) in [4.78, 5) is 63.5. The summed E-state index contributed by atoms with van der Waals surface area (Å²) in [5, 5.41) is 2.59. The average molecular weight is 493 g/mol. The molecule has 0 bridgehead atoms. The number of ether oxygens (including phenoxy) is 2. The van der Waals surface area contributed by atoms with Crippen molar-refractivity contribution in [1.82, 2.24) is 0 Å². The molecule has 2 aromatic rings. The summed E-state index contributed by atoms with van der Waals surface area (Å²) in [6.07, 6.45) is 3.98. The van der Waals surface area contributed by atoms with E-state index in [1.165, 1.54) is 29.2 Å². The van der Waals surface area contributed by atoms with Crippen LogP contribution < -0.4 is 10.2 Å². The van der Waals surface area contributed by atoms with E-state index >= 15 is 0 Å². The number of benzene rings is 2. The summed E-state index contributed by atoms with van der Waals surface area (Å²) in [7, 11) is 0. The first kappa shape index (κ1) is 25.1. The Morgan fingerprint density at radius 3 is 2.17 bits per heavy atom. The highest BCUT2D eigenvalue weighted by Crippen LogP contribution is 2.40.